The van der Waals surface area contributed by atoms with Crippen molar-refractivity contribution >= 4 is 40.6 Å². The minimum absolute atomic E-state index is 0.00655. The zero-order valence-corrected chi connectivity index (χ0v) is 16.4. The molecule has 0 aliphatic heterocycles. The molecule has 30 heavy (non-hydrogen) atoms. The second-order valence-electron chi connectivity index (χ2n) is 6.20. The van der Waals surface area contributed by atoms with Crippen molar-refractivity contribution in [1.82, 2.24) is 4.57 Å². The van der Waals surface area contributed by atoms with E-state index in [4.69, 9.17) is 16.3 Å². The zero-order valence-electron chi connectivity index (χ0n) is 15.7. The summed E-state index contributed by atoms with van der Waals surface area (Å²) < 4.78 is 48.4. The van der Waals surface area contributed by atoms with E-state index in [1.807, 2.05) is 0 Å². The van der Waals surface area contributed by atoms with Crippen molar-refractivity contribution < 1.29 is 27.5 Å². The van der Waals surface area contributed by atoms with Crippen LogP contribution < -0.4 is 10.7 Å². The average Bonchev–Trinajstić information content (AvgIpc) is 2.69. The molecule has 0 spiro atoms. The molecule has 0 aliphatic rings. The molecule has 0 aliphatic carbocycles. The number of benzene rings is 2. The third-order valence-electron chi connectivity index (χ3n) is 4.41. The first-order valence-corrected chi connectivity index (χ1v) is 8.99. The Bertz CT molecular complexity index is 1260. The third kappa shape index (κ3) is 3.52. The lowest BCUT2D eigenvalue weighted by molar-refractivity contribution is -0.105. The van der Waals surface area contributed by atoms with Crippen LogP contribution in [-0.4, -0.2) is 23.6 Å². The quantitative estimate of drug-likeness (QED) is 0.480. The number of nitrogens with zero attached hydrogens (tertiary/aromatic N) is 1. The van der Waals surface area contributed by atoms with Crippen LogP contribution in [0, 0.1) is 24.4 Å². The molecule has 1 amide bonds. The van der Waals surface area contributed by atoms with Crippen molar-refractivity contribution in [3.63, 3.8) is 0 Å². The summed E-state index contributed by atoms with van der Waals surface area (Å²) in [4.78, 5) is 35.8. The van der Waals surface area contributed by atoms with Gasteiger partial charge in [-0.2, -0.15) is 0 Å². The summed E-state index contributed by atoms with van der Waals surface area (Å²) in [5.41, 5.74) is -1.90. The zero-order chi connectivity index (χ0) is 22.2. The number of rotatable bonds is 5. The van der Waals surface area contributed by atoms with E-state index in [1.54, 1.807) is 0 Å². The van der Waals surface area contributed by atoms with E-state index in [0.29, 0.717) is 6.07 Å². The van der Waals surface area contributed by atoms with Gasteiger partial charge in [0, 0.05) is 11.8 Å². The highest BCUT2D eigenvalue weighted by Gasteiger charge is 2.23. The van der Waals surface area contributed by atoms with Crippen LogP contribution in [-0.2, 0) is 9.53 Å². The molecule has 0 saturated heterocycles. The molecule has 0 saturated carbocycles. The highest BCUT2D eigenvalue weighted by atomic mass is 35.5. The molecule has 0 radical (unpaired) electrons. The number of anilines is 1. The molecule has 3 rings (SSSR count). The number of amides is 1. The van der Waals surface area contributed by atoms with E-state index in [2.05, 4.69) is 5.32 Å². The Morgan fingerprint density at radius 3 is 2.57 bits per heavy atom. The molecular formula is C20H14ClF3N2O4. The molecule has 0 fully saturated rings. The predicted octanol–water partition coefficient (Wildman–Crippen LogP) is 4.11. The highest BCUT2D eigenvalue weighted by molar-refractivity contribution is 6.32. The summed E-state index contributed by atoms with van der Waals surface area (Å²) >= 11 is 6.15. The molecule has 3 aromatic rings. The Morgan fingerprint density at radius 2 is 1.93 bits per heavy atom. The van der Waals surface area contributed by atoms with Crippen molar-refractivity contribution in [2.75, 3.05) is 11.9 Å². The van der Waals surface area contributed by atoms with Crippen LogP contribution in [0.5, 0.6) is 0 Å². The van der Waals surface area contributed by atoms with Crippen LogP contribution >= 0.6 is 11.6 Å². The molecular weight excluding hydrogens is 425 g/mol. The van der Waals surface area contributed by atoms with Crippen molar-refractivity contribution in [3.05, 3.63) is 68.2 Å². The van der Waals surface area contributed by atoms with Gasteiger partial charge >= 0.3 is 5.97 Å². The van der Waals surface area contributed by atoms with Gasteiger partial charge in [-0.15, -0.1) is 0 Å². The summed E-state index contributed by atoms with van der Waals surface area (Å²) in [6.45, 7) is 2.74. The second-order valence-corrected chi connectivity index (χ2v) is 6.61. The van der Waals surface area contributed by atoms with Gasteiger partial charge in [0.05, 0.1) is 33.9 Å². The van der Waals surface area contributed by atoms with Gasteiger partial charge in [-0.25, -0.2) is 18.0 Å². The molecule has 2 aromatic carbocycles. The topological polar surface area (TPSA) is 77.4 Å². The molecule has 0 atom stereocenters. The minimum Gasteiger partial charge on any atom is -0.462 e. The summed E-state index contributed by atoms with van der Waals surface area (Å²) in [5.74, 6) is -4.31. The average molecular weight is 439 g/mol. The fourth-order valence-corrected chi connectivity index (χ4v) is 3.31. The largest absolute Gasteiger partial charge is 0.462 e. The van der Waals surface area contributed by atoms with E-state index < -0.39 is 34.4 Å². The van der Waals surface area contributed by atoms with Gasteiger partial charge in [0.2, 0.25) is 11.8 Å². The molecule has 0 unspecified atom stereocenters. The number of aryl methyl sites for hydroxylation is 1. The molecule has 0 bridgehead atoms. The van der Waals surface area contributed by atoms with E-state index in [1.165, 1.54) is 13.8 Å². The number of aromatic nitrogens is 1. The van der Waals surface area contributed by atoms with E-state index in [0.717, 1.165) is 22.9 Å². The Hall–Kier alpha value is -3.33. The lowest BCUT2D eigenvalue weighted by Gasteiger charge is -2.18. The smallest absolute Gasteiger partial charge is 0.343 e. The summed E-state index contributed by atoms with van der Waals surface area (Å²) in [6, 6.07) is 2.69. The lowest BCUT2D eigenvalue weighted by atomic mass is 10.1. The molecule has 6 nitrogen and oxygen atoms in total. The van der Waals surface area contributed by atoms with Crippen LogP contribution in [0.15, 0.2) is 29.2 Å². The number of hydrogen-bond donors (Lipinski definition) is 1. The predicted molar refractivity (Wildman–Crippen MR) is 105 cm³/mol. The first-order chi connectivity index (χ1) is 14.2. The first kappa shape index (κ1) is 21.4. The number of ether oxygens (including phenoxy) is 1. The standard InChI is InChI=1S/C20H14ClF3N2O4/c1-3-30-20(29)11-7-26(16-6-15(25-8-27)13(22)5-12(16)21)18-9(2)17(24)14(23)4-10(18)19(11)28/h4-8H,3H2,1-2H3,(H,25,27). The van der Waals surface area contributed by atoms with Crippen LogP contribution in [0.1, 0.15) is 22.8 Å². The Kier molecular flexibility index (Phi) is 5.84. The monoisotopic (exact) mass is 438 g/mol. The van der Waals surface area contributed by atoms with Crippen molar-refractivity contribution in [3.8, 4) is 5.69 Å². The van der Waals surface area contributed by atoms with Crippen LogP contribution in [0.3, 0.4) is 0 Å². The minimum atomic E-state index is -1.28. The van der Waals surface area contributed by atoms with Gasteiger partial charge in [-0.3, -0.25) is 9.59 Å². The summed E-state index contributed by atoms with van der Waals surface area (Å²) in [6.07, 6.45) is 1.29. The lowest BCUT2D eigenvalue weighted by Crippen LogP contribution is -2.21. The molecule has 1 N–H and O–H groups in total. The number of fused-ring (bicyclic) bond motifs is 1. The Balaban J connectivity index is 2.50. The second kappa shape index (κ2) is 8.19. The molecule has 1 aromatic heterocycles. The maximum atomic E-state index is 14.3. The number of nitrogens with one attached hydrogen (secondary N) is 1. The maximum Gasteiger partial charge on any atom is 0.343 e. The molecule has 1 heterocycles. The Labute approximate surface area is 172 Å². The number of hydrogen-bond acceptors (Lipinski definition) is 4. The van der Waals surface area contributed by atoms with Crippen LogP contribution in [0.4, 0.5) is 18.9 Å². The normalized spacial score (nSPS) is 10.9. The van der Waals surface area contributed by atoms with Crippen molar-refractivity contribution in [2.45, 2.75) is 13.8 Å². The number of carbonyl (C=O) groups is 2. The number of esters is 1. The summed E-state index contributed by atoms with van der Waals surface area (Å²) in [7, 11) is 0. The molecule has 156 valence electrons. The van der Waals surface area contributed by atoms with Gasteiger partial charge in [-0.1, -0.05) is 11.6 Å². The highest BCUT2D eigenvalue weighted by Crippen LogP contribution is 2.31. The van der Waals surface area contributed by atoms with Gasteiger partial charge in [0.15, 0.2) is 11.6 Å². The van der Waals surface area contributed by atoms with Gasteiger partial charge < -0.3 is 14.6 Å². The van der Waals surface area contributed by atoms with Gasteiger partial charge in [-0.05, 0) is 32.0 Å². The van der Waals surface area contributed by atoms with Crippen molar-refractivity contribution in [1.29, 1.82) is 0 Å². The molecule has 10 heteroatoms. The van der Waals surface area contributed by atoms with Crippen molar-refractivity contribution in [2.24, 2.45) is 0 Å². The number of halogens is 4. The maximum absolute atomic E-state index is 14.3. The Morgan fingerprint density at radius 1 is 1.23 bits per heavy atom. The van der Waals surface area contributed by atoms with E-state index >= 15 is 0 Å². The fraction of sp³-hybridized carbons (Fsp3) is 0.150. The first-order valence-electron chi connectivity index (χ1n) is 8.61. The third-order valence-corrected chi connectivity index (χ3v) is 4.72. The fourth-order valence-electron chi connectivity index (χ4n) is 3.06. The van der Waals surface area contributed by atoms with Crippen LogP contribution in [0.2, 0.25) is 5.02 Å². The van der Waals surface area contributed by atoms with Gasteiger partial charge in [0.1, 0.15) is 11.4 Å². The van der Waals surface area contributed by atoms with E-state index in [9.17, 15) is 27.6 Å². The van der Waals surface area contributed by atoms with E-state index in [-0.39, 0.29) is 45.9 Å². The van der Waals surface area contributed by atoms with Gasteiger partial charge in [0.25, 0.3) is 0 Å². The number of carbonyl (C=O) groups excluding carboxylic acids is 2. The number of pyridine rings is 1. The SMILES string of the molecule is CCOC(=O)c1cn(-c2cc(NC=O)c(F)cc2Cl)c2c(C)c(F)c(F)cc2c1=O. The van der Waals surface area contributed by atoms with Crippen LogP contribution in [0.25, 0.3) is 16.6 Å². The summed E-state index contributed by atoms with van der Waals surface area (Å²) in [5, 5.41) is 1.67.